The van der Waals surface area contributed by atoms with Crippen LogP contribution in [0.5, 0.6) is 0 Å². The predicted molar refractivity (Wildman–Crippen MR) is 66.4 cm³/mol. The van der Waals surface area contributed by atoms with Crippen molar-refractivity contribution < 1.29 is 22.0 Å². The van der Waals surface area contributed by atoms with E-state index in [1.807, 2.05) is 15.9 Å². The van der Waals surface area contributed by atoms with E-state index in [-0.39, 0.29) is 5.56 Å². The number of ketones is 1. The van der Waals surface area contributed by atoms with Crippen LogP contribution in [0.25, 0.3) is 0 Å². The summed E-state index contributed by atoms with van der Waals surface area (Å²) < 4.78 is 49.2. The van der Waals surface area contributed by atoms with E-state index in [2.05, 4.69) is 0 Å². The van der Waals surface area contributed by atoms with Crippen molar-refractivity contribution in [3.63, 3.8) is 0 Å². The first-order chi connectivity index (χ1) is 8.20. The number of sulfonamides is 1. The average molecular weight is 342 g/mol. The zero-order valence-corrected chi connectivity index (χ0v) is 11.5. The lowest BCUT2D eigenvalue weighted by Crippen LogP contribution is -2.36. The number of rotatable bonds is 6. The molecule has 100 valence electrons. The lowest BCUT2D eigenvalue weighted by Gasteiger charge is -2.10. The van der Waals surface area contributed by atoms with Gasteiger partial charge in [0.25, 0.3) is 0 Å². The molecule has 1 aromatic carbocycles. The van der Waals surface area contributed by atoms with Gasteiger partial charge in [-0.05, 0) is 15.9 Å². The Hall–Kier alpha value is -0.860. The predicted octanol–water partition coefficient (Wildman–Crippen LogP) is 1.78. The summed E-state index contributed by atoms with van der Waals surface area (Å²) in [6.45, 7) is -1.10. The Morgan fingerprint density at radius 3 is 2.33 bits per heavy atom. The highest BCUT2D eigenvalue weighted by atomic mass is 79.9. The molecule has 0 spiro atoms. The molecule has 0 unspecified atom stereocenters. The molecule has 1 aromatic rings. The SMILES string of the molecule is O=C(CS(=O)(=O)NCC(F)(F)Br)c1ccccc1. The molecule has 0 amide bonds. The lowest BCUT2D eigenvalue weighted by atomic mass is 10.2. The van der Waals surface area contributed by atoms with Crippen molar-refractivity contribution in [3.8, 4) is 0 Å². The number of hydrogen-bond donors (Lipinski definition) is 1. The maximum Gasteiger partial charge on any atom is 0.314 e. The van der Waals surface area contributed by atoms with E-state index >= 15 is 0 Å². The van der Waals surface area contributed by atoms with Gasteiger partial charge in [0.05, 0.1) is 6.54 Å². The fraction of sp³-hybridized carbons (Fsp3) is 0.300. The number of hydrogen-bond acceptors (Lipinski definition) is 3. The van der Waals surface area contributed by atoms with Gasteiger partial charge in [0.1, 0.15) is 5.75 Å². The Labute approximate surface area is 112 Å². The van der Waals surface area contributed by atoms with Crippen molar-refractivity contribution in [2.45, 2.75) is 4.83 Å². The van der Waals surface area contributed by atoms with Gasteiger partial charge < -0.3 is 0 Å². The molecule has 0 radical (unpaired) electrons. The highest BCUT2D eigenvalue weighted by molar-refractivity contribution is 9.10. The summed E-state index contributed by atoms with van der Waals surface area (Å²) in [6, 6.07) is 7.75. The molecule has 0 fully saturated rings. The van der Waals surface area contributed by atoms with Crippen LogP contribution < -0.4 is 4.72 Å². The molecule has 0 atom stereocenters. The smallest absolute Gasteiger partial charge is 0.293 e. The van der Waals surface area contributed by atoms with Crippen molar-refractivity contribution in [2.75, 3.05) is 12.3 Å². The molecule has 0 aliphatic heterocycles. The topological polar surface area (TPSA) is 63.2 Å². The third kappa shape index (κ3) is 5.65. The number of halogens is 3. The maximum atomic E-state index is 12.4. The fourth-order valence-electron chi connectivity index (χ4n) is 1.12. The van der Waals surface area contributed by atoms with E-state index in [0.29, 0.717) is 0 Å². The van der Waals surface area contributed by atoms with E-state index in [1.54, 1.807) is 22.9 Å². The van der Waals surface area contributed by atoms with E-state index < -0.39 is 32.9 Å². The Bertz CT molecular complexity index is 514. The Morgan fingerprint density at radius 2 is 1.83 bits per heavy atom. The largest absolute Gasteiger partial charge is 0.314 e. The first kappa shape index (κ1) is 15.2. The molecule has 0 aromatic heterocycles. The molecule has 8 heteroatoms. The monoisotopic (exact) mass is 341 g/mol. The Balaban J connectivity index is 2.64. The molecule has 0 aliphatic carbocycles. The lowest BCUT2D eigenvalue weighted by molar-refractivity contribution is 0.101. The van der Waals surface area contributed by atoms with Gasteiger partial charge in [0.15, 0.2) is 5.78 Å². The van der Waals surface area contributed by atoms with Gasteiger partial charge in [0.2, 0.25) is 10.0 Å². The van der Waals surface area contributed by atoms with Crippen molar-refractivity contribution >= 4 is 31.7 Å². The van der Waals surface area contributed by atoms with Crippen LogP contribution in [0.2, 0.25) is 0 Å². The van der Waals surface area contributed by atoms with Gasteiger partial charge in [-0.3, -0.25) is 4.79 Å². The summed E-state index contributed by atoms with van der Waals surface area (Å²) in [5.74, 6) is -1.51. The molecule has 0 saturated heterocycles. The summed E-state index contributed by atoms with van der Waals surface area (Å²) in [5.41, 5.74) is 0.216. The van der Waals surface area contributed by atoms with Gasteiger partial charge in [-0.2, -0.15) is 8.78 Å². The highest BCUT2D eigenvalue weighted by Crippen LogP contribution is 2.20. The number of alkyl halides is 3. The first-order valence-electron chi connectivity index (χ1n) is 4.82. The fourth-order valence-corrected chi connectivity index (χ4v) is 2.46. The number of carbonyl (C=O) groups excluding carboxylic acids is 1. The van der Waals surface area contributed by atoms with Crippen molar-refractivity contribution in [1.29, 1.82) is 0 Å². The van der Waals surface area contributed by atoms with Crippen LogP contribution >= 0.6 is 15.9 Å². The standard InChI is InChI=1S/C10H10BrF2NO3S/c11-10(12,13)7-14-18(16,17)6-9(15)8-4-2-1-3-5-8/h1-5,14H,6-7H2. The number of nitrogens with one attached hydrogen (secondary N) is 1. The highest BCUT2D eigenvalue weighted by Gasteiger charge is 2.27. The molecule has 0 aliphatic rings. The van der Waals surface area contributed by atoms with Crippen molar-refractivity contribution in [1.82, 2.24) is 4.72 Å². The molecule has 18 heavy (non-hydrogen) atoms. The molecular weight excluding hydrogens is 332 g/mol. The molecule has 1 rings (SSSR count). The minimum Gasteiger partial charge on any atom is -0.293 e. The van der Waals surface area contributed by atoms with Crippen LogP contribution in [-0.4, -0.2) is 31.3 Å². The molecule has 0 heterocycles. The zero-order valence-electron chi connectivity index (χ0n) is 9.07. The third-order valence-electron chi connectivity index (χ3n) is 1.91. The van der Waals surface area contributed by atoms with Crippen LogP contribution in [0.15, 0.2) is 30.3 Å². The van der Waals surface area contributed by atoms with Crippen molar-refractivity contribution in [3.05, 3.63) is 35.9 Å². The van der Waals surface area contributed by atoms with Gasteiger partial charge >= 0.3 is 4.83 Å². The summed E-state index contributed by atoms with van der Waals surface area (Å²) in [5, 5.41) is 0. The van der Waals surface area contributed by atoms with Gasteiger partial charge in [-0.25, -0.2) is 13.1 Å². The molecule has 0 bridgehead atoms. The summed E-state index contributed by atoms with van der Waals surface area (Å²) in [4.78, 5) is 8.23. The molecular formula is C10H10BrF2NO3S. The maximum absolute atomic E-state index is 12.4. The normalized spacial score (nSPS) is 12.4. The quantitative estimate of drug-likeness (QED) is 0.633. The van der Waals surface area contributed by atoms with E-state index in [9.17, 15) is 22.0 Å². The molecule has 1 N–H and O–H groups in total. The molecule has 0 saturated carbocycles. The van der Waals surface area contributed by atoms with Crippen molar-refractivity contribution in [2.24, 2.45) is 0 Å². The number of carbonyl (C=O) groups is 1. The second-order valence-corrected chi connectivity index (χ2v) is 6.45. The zero-order chi connectivity index (χ0) is 13.8. The van der Waals surface area contributed by atoms with Gasteiger partial charge in [-0.15, -0.1) is 0 Å². The van der Waals surface area contributed by atoms with Gasteiger partial charge in [-0.1, -0.05) is 30.3 Å². The van der Waals surface area contributed by atoms with E-state index in [4.69, 9.17) is 0 Å². The van der Waals surface area contributed by atoms with Crippen LogP contribution in [0.4, 0.5) is 8.78 Å². The van der Waals surface area contributed by atoms with Crippen LogP contribution in [0, 0.1) is 0 Å². The Morgan fingerprint density at radius 1 is 1.28 bits per heavy atom. The third-order valence-corrected chi connectivity index (χ3v) is 3.42. The number of benzene rings is 1. The second kappa shape index (κ2) is 5.85. The Kier molecular flexibility index (Phi) is 4.94. The summed E-state index contributed by atoms with van der Waals surface area (Å²) in [7, 11) is -4.07. The minimum absolute atomic E-state index is 0.216. The average Bonchev–Trinajstić information content (AvgIpc) is 2.26. The van der Waals surface area contributed by atoms with E-state index in [1.165, 1.54) is 12.1 Å². The minimum atomic E-state index is -4.07. The summed E-state index contributed by atoms with van der Waals surface area (Å²) in [6.07, 6.45) is 0. The van der Waals surface area contributed by atoms with Crippen LogP contribution in [0.3, 0.4) is 0 Å². The van der Waals surface area contributed by atoms with Crippen LogP contribution in [0.1, 0.15) is 10.4 Å². The molecule has 4 nitrogen and oxygen atoms in total. The van der Waals surface area contributed by atoms with Crippen LogP contribution in [-0.2, 0) is 10.0 Å². The van der Waals surface area contributed by atoms with Gasteiger partial charge in [0, 0.05) is 5.56 Å². The number of Topliss-reactive ketones (excluding diaryl/α,β-unsaturated/α-hetero) is 1. The van der Waals surface area contributed by atoms with E-state index in [0.717, 1.165) is 0 Å². The first-order valence-corrected chi connectivity index (χ1v) is 7.26. The summed E-state index contributed by atoms with van der Waals surface area (Å²) >= 11 is 2.00. The second-order valence-electron chi connectivity index (χ2n) is 3.48.